The lowest BCUT2D eigenvalue weighted by molar-refractivity contribution is -0.136. The lowest BCUT2D eigenvalue weighted by atomic mass is 9.81. The first-order chi connectivity index (χ1) is 18.8. The van der Waals surface area contributed by atoms with Crippen LogP contribution in [0.3, 0.4) is 0 Å². The molecule has 0 saturated carbocycles. The molecular weight excluding hydrogens is 547 g/mol. The monoisotopic (exact) mass is 594 g/mol. The van der Waals surface area contributed by atoms with E-state index in [-0.39, 0.29) is 22.7 Å². The molecule has 2 fully saturated rings. The highest BCUT2D eigenvalue weighted by Gasteiger charge is 2.52. The largest absolute Gasteiger partial charge is 0.498 e. The predicted octanol–water partition coefficient (Wildman–Crippen LogP) is 3.12. The van der Waals surface area contributed by atoms with Crippen molar-refractivity contribution in [3.05, 3.63) is 12.4 Å². The van der Waals surface area contributed by atoms with E-state index in [4.69, 9.17) is 14.0 Å². The van der Waals surface area contributed by atoms with Crippen molar-refractivity contribution in [3.63, 3.8) is 0 Å². The molecule has 0 spiro atoms. The van der Waals surface area contributed by atoms with Crippen LogP contribution in [0.25, 0.3) is 0 Å². The third kappa shape index (κ3) is 8.64. The highest BCUT2D eigenvalue weighted by Crippen LogP contribution is 2.36. The molecule has 2 saturated heterocycles. The van der Waals surface area contributed by atoms with Gasteiger partial charge in [0.05, 0.1) is 17.0 Å². The fourth-order valence-electron chi connectivity index (χ4n) is 4.83. The lowest BCUT2D eigenvalue weighted by Crippen LogP contribution is -2.53. The number of carbonyl (C=O) groups is 2. The summed E-state index contributed by atoms with van der Waals surface area (Å²) in [6.45, 7) is 18.0. The van der Waals surface area contributed by atoms with E-state index in [1.54, 1.807) is 25.7 Å². The van der Waals surface area contributed by atoms with E-state index in [0.717, 1.165) is 19.3 Å². The second-order valence-corrected chi connectivity index (χ2v) is 15.5. The third-order valence-corrected chi connectivity index (χ3v) is 9.60. The number of hydrogen-bond donors (Lipinski definition) is 1. The van der Waals surface area contributed by atoms with Crippen LogP contribution in [0.5, 0.6) is 0 Å². The van der Waals surface area contributed by atoms with E-state index >= 15 is 0 Å². The standard InChI is InChI=1S/C28H47BN4O7S/c1-19(2)22(32-25(35)38-26(3,4)5)23(34)33-14-12-20(13-15-33)11-10-16-41(36,37)24-30-17-21(18-31-24)29-39-27(6,7)28(8,9)40-29/h17-20,22H,10-16H2,1-9H3,(H,32,35)/t22-/m1/s1. The molecule has 2 aliphatic rings. The Labute approximate surface area is 245 Å². The minimum atomic E-state index is -3.64. The van der Waals surface area contributed by atoms with E-state index < -0.39 is 45.9 Å². The van der Waals surface area contributed by atoms with Crippen LogP contribution in [0.2, 0.25) is 0 Å². The van der Waals surface area contributed by atoms with Crippen molar-refractivity contribution in [1.82, 2.24) is 20.2 Å². The van der Waals surface area contributed by atoms with Gasteiger partial charge in [-0.15, -0.1) is 0 Å². The molecule has 0 radical (unpaired) electrons. The molecule has 1 aromatic heterocycles. The number of hydrogen-bond acceptors (Lipinski definition) is 9. The van der Waals surface area contributed by atoms with Gasteiger partial charge in [-0.25, -0.2) is 23.2 Å². The van der Waals surface area contributed by atoms with E-state index in [1.807, 2.05) is 41.5 Å². The van der Waals surface area contributed by atoms with Crippen LogP contribution in [-0.4, -0.2) is 84.1 Å². The Kier molecular flexibility index (Phi) is 10.2. The molecular formula is C28H47BN4O7S. The second-order valence-electron chi connectivity index (χ2n) is 13.5. The number of alkyl carbamates (subject to hydrolysis) is 1. The fourth-order valence-corrected chi connectivity index (χ4v) is 5.98. The molecule has 1 aromatic rings. The summed E-state index contributed by atoms with van der Waals surface area (Å²) < 4.78 is 43.1. The van der Waals surface area contributed by atoms with Crippen LogP contribution in [0.15, 0.2) is 17.6 Å². The number of carbonyl (C=O) groups excluding carboxylic acids is 2. The molecule has 0 aromatic carbocycles. The Morgan fingerprint density at radius 2 is 1.63 bits per heavy atom. The summed E-state index contributed by atoms with van der Waals surface area (Å²) in [5.74, 6) is 0.0633. The van der Waals surface area contributed by atoms with Crippen LogP contribution < -0.4 is 10.8 Å². The maximum atomic E-state index is 13.2. The molecule has 0 unspecified atom stereocenters. The minimum Gasteiger partial charge on any atom is -0.444 e. The zero-order chi connectivity index (χ0) is 30.8. The number of piperidine rings is 1. The number of nitrogens with zero attached hydrogens (tertiary/aromatic N) is 3. The van der Waals surface area contributed by atoms with Gasteiger partial charge in [0.1, 0.15) is 11.6 Å². The average molecular weight is 595 g/mol. The van der Waals surface area contributed by atoms with Gasteiger partial charge in [0, 0.05) is 30.9 Å². The quantitative estimate of drug-likeness (QED) is 0.338. The molecule has 1 atom stereocenters. The molecule has 0 bridgehead atoms. The van der Waals surface area contributed by atoms with E-state index in [0.29, 0.717) is 30.9 Å². The van der Waals surface area contributed by atoms with E-state index in [1.165, 1.54) is 12.4 Å². The third-order valence-electron chi connectivity index (χ3n) is 8.01. The molecule has 3 heterocycles. The van der Waals surface area contributed by atoms with Gasteiger partial charge < -0.3 is 24.3 Å². The van der Waals surface area contributed by atoms with Crippen LogP contribution in [0.4, 0.5) is 4.79 Å². The first-order valence-electron chi connectivity index (χ1n) is 14.5. The van der Waals surface area contributed by atoms with E-state index in [2.05, 4.69) is 15.3 Å². The maximum absolute atomic E-state index is 13.2. The zero-order valence-electron chi connectivity index (χ0n) is 26.0. The van der Waals surface area contributed by atoms with Crippen molar-refractivity contribution < 1.29 is 32.1 Å². The van der Waals surface area contributed by atoms with E-state index in [9.17, 15) is 18.0 Å². The Morgan fingerprint density at radius 1 is 1.10 bits per heavy atom. The Bertz CT molecular complexity index is 1160. The highest BCUT2D eigenvalue weighted by molar-refractivity contribution is 7.91. The van der Waals surface area contributed by atoms with Gasteiger partial charge in [-0.05, 0) is 86.0 Å². The van der Waals surface area contributed by atoms with Gasteiger partial charge >= 0.3 is 13.2 Å². The topological polar surface area (TPSA) is 137 Å². The summed E-state index contributed by atoms with van der Waals surface area (Å²) in [5, 5.41) is 2.53. The number of nitrogens with one attached hydrogen (secondary N) is 1. The minimum absolute atomic E-state index is 0.0444. The predicted molar refractivity (Wildman–Crippen MR) is 156 cm³/mol. The number of likely N-dealkylation sites (tertiary alicyclic amines) is 1. The molecule has 41 heavy (non-hydrogen) atoms. The summed E-state index contributed by atoms with van der Waals surface area (Å²) in [5.41, 5.74) is -1.10. The molecule has 230 valence electrons. The summed E-state index contributed by atoms with van der Waals surface area (Å²) in [6, 6.07) is -0.664. The molecule has 13 heteroatoms. The van der Waals surface area contributed by atoms with Crippen molar-refractivity contribution in [2.45, 2.75) is 116 Å². The van der Waals surface area contributed by atoms with Crippen LogP contribution >= 0.6 is 0 Å². The van der Waals surface area contributed by atoms with Gasteiger partial charge in [-0.3, -0.25) is 4.79 Å². The normalized spacial score (nSPS) is 20.2. The van der Waals surface area contributed by atoms with Crippen LogP contribution in [-0.2, 0) is 28.7 Å². The van der Waals surface area contributed by atoms with Crippen molar-refractivity contribution in [2.24, 2.45) is 11.8 Å². The smallest absolute Gasteiger partial charge is 0.444 e. The van der Waals surface area contributed by atoms with Crippen molar-refractivity contribution in [2.75, 3.05) is 18.8 Å². The Balaban J connectivity index is 1.46. The average Bonchev–Trinajstić information content (AvgIpc) is 3.08. The number of amides is 2. The zero-order valence-corrected chi connectivity index (χ0v) is 26.8. The Morgan fingerprint density at radius 3 is 2.12 bits per heavy atom. The van der Waals surface area contributed by atoms with Gasteiger partial charge in [0.2, 0.25) is 20.9 Å². The lowest BCUT2D eigenvalue weighted by Gasteiger charge is -2.35. The summed E-state index contributed by atoms with van der Waals surface area (Å²) in [6.07, 6.45) is 5.08. The maximum Gasteiger partial charge on any atom is 0.498 e. The fraction of sp³-hybridized carbons (Fsp3) is 0.786. The van der Waals surface area contributed by atoms with Crippen molar-refractivity contribution >= 4 is 34.4 Å². The Hall–Kier alpha value is -2.25. The molecule has 2 aliphatic heterocycles. The number of sulfone groups is 1. The molecule has 11 nitrogen and oxygen atoms in total. The first-order valence-corrected chi connectivity index (χ1v) is 16.2. The highest BCUT2D eigenvalue weighted by atomic mass is 32.2. The molecule has 0 aliphatic carbocycles. The molecule has 3 rings (SSSR count). The first kappa shape index (κ1) is 33.3. The molecule has 1 N–H and O–H groups in total. The van der Waals surface area contributed by atoms with Crippen LogP contribution in [0.1, 0.15) is 88.0 Å². The van der Waals surface area contributed by atoms with Crippen molar-refractivity contribution in [1.29, 1.82) is 0 Å². The van der Waals surface area contributed by atoms with Gasteiger partial charge in [0.15, 0.2) is 0 Å². The SMILES string of the molecule is CC(C)[C@@H](NC(=O)OC(C)(C)C)C(=O)N1CCC(CCCS(=O)(=O)c2ncc(B3OC(C)(C)C(C)(C)O3)cn2)CC1. The van der Waals surface area contributed by atoms with Crippen molar-refractivity contribution in [3.8, 4) is 0 Å². The summed E-state index contributed by atoms with van der Waals surface area (Å²) in [4.78, 5) is 35.4. The number of ether oxygens (including phenoxy) is 1. The second kappa shape index (κ2) is 12.5. The van der Waals surface area contributed by atoms with Gasteiger partial charge in [-0.1, -0.05) is 13.8 Å². The number of aromatic nitrogens is 2. The summed E-state index contributed by atoms with van der Waals surface area (Å²) in [7, 11) is -4.29. The summed E-state index contributed by atoms with van der Waals surface area (Å²) >= 11 is 0. The van der Waals surface area contributed by atoms with Crippen LogP contribution in [0, 0.1) is 11.8 Å². The number of rotatable bonds is 9. The van der Waals surface area contributed by atoms with Gasteiger partial charge in [-0.2, -0.15) is 0 Å². The van der Waals surface area contributed by atoms with Gasteiger partial charge in [0.25, 0.3) is 0 Å². The molecule has 2 amide bonds.